The van der Waals surface area contributed by atoms with Gasteiger partial charge in [0, 0.05) is 24.6 Å². The first-order valence-corrected chi connectivity index (χ1v) is 5.64. The average Bonchev–Trinajstić information content (AvgIpc) is 2.27. The molecule has 0 saturated heterocycles. The Morgan fingerprint density at radius 3 is 2.06 bits per heavy atom. The van der Waals surface area contributed by atoms with Crippen LogP contribution in [0, 0.1) is 0 Å². The van der Waals surface area contributed by atoms with E-state index in [9.17, 15) is 0 Å². The minimum atomic E-state index is -0.0793. The lowest BCUT2D eigenvalue weighted by molar-refractivity contribution is 0.228. The van der Waals surface area contributed by atoms with Gasteiger partial charge in [-0.15, -0.1) is 0 Å². The monoisotopic (exact) mass is 255 g/mol. The second-order valence-electron chi connectivity index (χ2n) is 3.65. The van der Waals surface area contributed by atoms with Crippen molar-refractivity contribution in [1.29, 1.82) is 0 Å². The van der Waals surface area contributed by atoms with Gasteiger partial charge in [-0.3, -0.25) is 0 Å². The Labute approximate surface area is 107 Å². The largest absolute Gasteiger partial charge is 0.496 e. The van der Waals surface area contributed by atoms with Crippen molar-refractivity contribution in [3.8, 4) is 17.2 Å². The summed E-state index contributed by atoms with van der Waals surface area (Å²) in [7, 11) is 3.19. The summed E-state index contributed by atoms with van der Waals surface area (Å²) in [6.07, 6.45) is 0.457. The van der Waals surface area contributed by atoms with E-state index < -0.39 is 0 Å². The molecule has 0 aliphatic rings. The summed E-state index contributed by atoms with van der Waals surface area (Å²) in [5.41, 5.74) is 5.46. The molecule has 2 N–H and O–H groups in total. The van der Waals surface area contributed by atoms with Gasteiger partial charge in [0.15, 0.2) is 0 Å². The molecule has 0 spiro atoms. The van der Waals surface area contributed by atoms with E-state index in [0.717, 1.165) is 0 Å². The average molecular weight is 255 g/mol. The van der Waals surface area contributed by atoms with Crippen molar-refractivity contribution < 1.29 is 14.2 Å². The summed E-state index contributed by atoms with van der Waals surface area (Å²) < 4.78 is 16.0. The molecule has 0 amide bonds. The van der Waals surface area contributed by atoms with Gasteiger partial charge >= 0.3 is 0 Å². The zero-order valence-corrected chi connectivity index (χ0v) is 11.0. The van der Waals surface area contributed by atoms with Crippen LogP contribution in [0.5, 0.6) is 17.2 Å². The standard InChI is InChI=1S/C12H17NO3S/c1-8(4-12(13)17)16-11-6-9(14-2)5-10(7-11)15-3/h5-8H,4H2,1-3H3,(H2,13,17). The number of hydrogen-bond acceptors (Lipinski definition) is 4. The van der Waals surface area contributed by atoms with Crippen molar-refractivity contribution in [2.75, 3.05) is 14.2 Å². The van der Waals surface area contributed by atoms with Crippen molar-refractivity contribution >= 4 is 17.2 Å². The van der Waals surface area contributed by atoms with Gasteiger partial charge in [-0.1, -0.05) is 12.2 Å². The van der Waals surface area contributed by atoms with E-state index in [2.05, 4.69) is 0 Å². The molecular weight excluding hydrogens is 238 g/mol. The normalized spacial score (nSPS) is 11.7. The Hall–Kier alpha value is -1.49. The second-order valence-corrected chi connectivity index (χ2v) is 4.17. The van der Waals surface area contributed by atoms with Crippen LogP contribution in [0.25, 0.3) is 0 Å². The molecule has 1 unspecified atom stereocenters. The highest BCUT2D eigenvalue weighted by atomic mass is 32.1. The molecule has 1 aromatic rings. The Morgan fingerprint density at radius 2 is 1.65 bits per heavy atom. The van der Waals surface area contributed by atoms with Crippen molar-refractivity contribution in [2.24, 2.45) is 5.73 Å². The second kappa shape index (κ2) is 6.30. The molecule has 5 heteroatoms. The lowest BCUT2D eigenvalue weighted by atomic mass is 10.2. The van der Waals surface area contributed by atoms with Gasteiger partial charge in [0.2, 0.25) is 0 Å². The maximum absolute atomic E-state index is 5.68. The minimum absolute atomic E-state index is 0.0793. The van der Waals surface area contributed by atoms with Crippen molar-refractivity contribution in [1.82, 2.24) is 0 Å². The molecule has 0 aliphatic carbocycles. The number of methoxy groups -OCH3 is 2. The fourth-order valence-electron chi connectivity index (χ4n) is 1.41. The van der Waals surface area contributed by atoms with Gasteiger partial charge in [-0.05, 0) is 6.92 Å². The molecule has 94 valence electrons. The molecule has 17 heavy (non-hydrogen) atoms. The van der Waals surface area contributed by atoms with Gasteiger partial charge in [-0.25, -0.2) is 0 Å². The molecular formula is C12H17NO3S. The van der Waals surface area contributed by atoms with E-state index in [4.69, 9.17) is 32.2 Å². The molecule has 1 aromatic carbocycles. The highest BCUT2D eigenvalue weighted by Crippen LogP contribution is 2.28. The molecule has 0 bridgehead atoms. The van der Waals surface area contributed by atoms with Gasteiger partial charge in [0.05, 0.1) is 19.2 Å². The third kappa shape index (κ3) is 4.48. The van der Waals surface area contributed by atoms with Crippen LogP contribution < -0.4 is 19.9 Å². The quantitative estimate of drug-likeness (QED) is 0.789. The molecule has 0 aliphatic heterocycles. The van der Waals surface area contributed by atoms with Crippen molar-refractivity contribution in [2.45, 2.75) is 19.4 Å². The summed E-state index contributed by atoms with van der Waals surface area (Å²) in [4.78, 5) is 0.437. The van der Waals surface area contributed by atoms with Crippen molar-refractivity contribution in [3.05, 3.63) is 18.2 Å². The van der Waals surface area contributed by atoms with Gasteiger partial charge in [0.25, 0.3) is 0 Å². The van der Waals surface area contributed by atoms with E-state index >= 15 is 0 Å². The third-order valence-electron chi connectivity index (χ3n) is 2.15. The zero-order chi connectivity index (χ0) is 12.8. The van der Waals surface area contributed by atoms with E-state index in [1.807, 2.05) is 6.92 Å². The fourth-order valence-corrected chi connectivity index (χ4v) is 1.64. The smallest absolute Gasteiger partial charge is 0.127 e. The summed E-state index contributed by atoms with van der Waals surface area (Å²) in [5.74, 6) is 2.04. The van der Waals surface area contributed by atoms with Crippen LogP contribution in [0.2, 0.25) is 0 Å². The molecule has 0 saturated carbocycles. The lowest BCUT2D eigenvalue weighted by Gasteiger charge is -2.15. The maximum Gasteiger partial charge on any atom is 0.127 e. The number of ether oxygens (including phenoxy) is 3. The molecule has 0 heterocycles. The van der Waals surface area contributed by atoms with E-state index in [1.54, 1.807) is 32.4 Å². The molecule has 0 radical (unpaired) electrons. The third-order valence-corrected chi connectivity index (χ3v) is 2.32. The predicted molar refractivity (Wildman–Crippen MR) is 71.0 cm³/mol. The van der Waals surface area contributed by atoms with Crippen LogP contribution in [0.1, 0.15) is 13.3 Å². The first-order chi connectivity index (χ1) is 8.05. The number of rotatable bonds is 6. The maximum atomic E-state index is 5.68. The van der Waals surface area contributed by atoms with Crippen molar-refractivity contribution in [3.63, 3.8) is 0 Å². The summed E-state index contributed by atoms with van der Waals surface area (Å²) >= 11 is 4.83. The molecule has 0 fully saturated rings. The SMILES string of the molecule is COc1cc(OC)cc(OC(C)CC(N)=S)c1. The molecule has 4 nitrogen and oxygen atoms in total. The minimum Gasteiger partial charge on any atom is -0.496 e. The van der Waals surface area contributed by atoms with E-state index in [0.29, 0.717) is 28.7 Å². The first kappa shape index (κ1) is 13.6. The first-order valence-electron chi connectivity index (χ1n) is 5.23. The Morgan fingerprint density at radius 1 is 1.18 bits per heavy atom. The number of hydrogen-bond donors (Lipinski definition) is 1. The topological polar surface area (TPSA) is 53.7 Å². The van der Waals surface area contributed by atoms with Crippen LogP contribution in [0.15, 0.2) is 18.2 Å². The van der Waals surface area contributed by atoms with Crippen LogP contribution >= 0.6 is 12.2 Å². The summed E-state index contributed by atoms with van der Waals surface area (Å²) in [6.45, 7) is 1.91. The van der Waals surface area contributed by atoms with Gasteiger partial charge in [0.1, 0.15) is 23.4 Å². The Kier molecular flexibility index (Phi) is 5.03. The highest BCUT2D eigenvalue weighted by Gasteiger charge is 2.08. The van der Waals surface area contributed by atoms with Crippen LogP contribution in [-0.2, 0) is 0 Å². The van der Waals surface area contributed by atoms with E-state index in [1.165, 1.54) is 0 Å². The molecule has 1 atom stereocenters. The van der Waals surface area contributed by atoms with Crippen LogP contribution in [0.3, 0.4) is 0 Å². The lowest BCUT2D eigenvalue weighted by Crippen LogP contribution is -2.20. The van der Waals surface area contributed by atoms with Gasteiger partial charge < -0.3 is 19.9 Å². The summed E-state index contributed by atoms with van der Waals surface area (Å²) in [6, 6.07) is 5.36. The van der Waals surface area contributed by atoms with E-state index in [-0.39, 0.29) is 6.10 Å². The highest BCUT2D eigenvalue weighted by molar-refractivity contribution is 7.80. The Bertz CT molecular complexity index is 373. The van der Waals surface area contributed by atoms with Crippen LogP contribution in [-0.4, -0.2) is 25.3 Å². The predicted octanol–water partition coefficient (Wildman–Crippen LogP) is 2.15. The Balaban J connectivity index is 2.79. The number of benzene rings is 1. The number of nitrogens with two attached hydrogens (primary N) is 1. The fraction of sp³-hybridized carbons (Fsp3) is 0.417. The molecule has 1 rings (SSSR count). The summed E-state index contributed by atoms with van der Waals surface area (Å²) in [5, 5.41) is 0. The zero-order valence-electron chi connectivity index (χ0n) is 10.2. The number of thiocarbonyl (C=S) groups is 1. The van der Waals surface area contributed by atoms with Gasteiger partial charge in [-0.2, -0.15) is 0 Å². The molecule has 0 aromatic heterocycles. The van der Waals surface area contributed by atoms with Crippen LogP contribution in [0.4, 0.5) is 0 Å².